The van der Waals surface area contributed by atoms with Gasteiger partial charge in [-0.1, -0.05) is 67.1 Å². The number of carbonyl (C=O) groups excluding carboxylic acids is 2. The number of esters is 1. The van der Waals surface area contributed by atoms with Crippen LogP contribution in [0.2, 0.25) is 18.1 Å². The third-order valence-corrected chi connectivity index (χ3v) is 11.8. The number of rotatable bonds is 13. The molecular formula is C29H45BrO9Si. The van der Waals surface area contributed by atoms with Crippen molar-refractivity contribution in [3.63, 3.8) is 0 Å². The Bertz CT molecular complexity index is 980. The van der Waals surface area contributed by atoms with E-state index < -0.39 is 57.2 Å². The van der Waals surface area contributed by atoms with Gasteiger partial charge in [-0.05, 0) is 56.6 Å². The number of aliphatic hydroxyl groups is 3. The van der Waals surface area contributed by atoms with Gasteiger partial charge < -0.3 is 34.0 Å². The summed E-state index contributed by atoms with van der Waals surface area (Å²) in [7, 11) is -1.07. The highest BCUT2D eigenvalue weighted by molar-refractivity contribution is 9.11. The van der Waals surface area contributed by atoms with E-state index in [-0.39, 0.29) is 10.8 Å². The molecule has 1 fully saturated rings. The van der Waals surface area contributed by atoms with Gasteiger partial charge in [0.05, 0.1) is 25.4 Å². The van der Waals surface area contributed by atoms with Crippen molar-refractivity contribution >= 4 is 36.0 Å². The van der Waals surface area contributed by atoms with Gasteiger partial charge in [0.2, 0.25) is 0 Å². The summed E-state index contributed by atoms with van der Waals surface area (Å²) >= 11 is 3.55. The van der Waals surface area contributed by atoms with Gasteiger partial charge in [0, 0.05) is 10.6 Å². The van der Waals surface area contributed by atoms with E-state index in [1.807, 2.05) is 12.2 Å². The van der Waals surface area contributed by atoms with Crippen LogP contribution in [-0.2, 0) is 28.2 Å². The fraction of sp³-hybridized carbons (Fsp3) is 0.586. The summed E-state index contributed by atoms with van der Waals surface area (Å²) in [5.74, 6) is -0.563. The van der Waals surface area contributed by atoms with Gasteiger partial charge in [-0.3, -0.25) is 4.79 Å². The Balaban J connectivity index is 3.46. The van der Waals surface area contributed by atoms with E-state index in [0.717, 1.165) is 0 Å². The van der Waals surface area contributed by atoms with Crippen LogP contribution in [0.5, 0.6) is 0 Å². The minimum atomic E-state index is -2.37. The molecule has 0 bridgehead atoms. The quantitative estimate of drug-likeness (QED) is 0.117. The fourth-order valence-corrected chi connectivity index (χ4v) is 5.01. The molecule has 40 heavy (non-hydrogen) atoms. The molecule has 7 atom stereocenters. The van der Waals surface area contributed by atoms with Crippen molar-refractivity contribution in [2.45, 2.75) is 102 Å². The lowest BCUT2D eigenvalue weighted by atomic mass is 9.99. The van der Waals surface area contributed by atoms with Crippen LogP contribution in [-0.4, -0.2) is 85.4 Å². The standard InChI is InChI=1S/C29H45BrO9Si/c1-19(31)14-10-9-11-16-22(38-28-27(35)26(34)25(33)20(2)37-28)23(39-40(7,8)29(3,4)5)18-21(30)15-12-13-17-24(32)36-6/h9-15,17-18,20,22-23,25-28,33-35H,16H2,1-8H3/b11-9+,14-10+,15-12+,17-13+,21-18-/t20-,22-,23+,25-,26+,27+,28-/m0/s1. The lowest BCUT2D eigenvalue weighted by Crippen LogP contribution is -2.58. The van der Waals surface area contributed by atoms with E-state index in [1.165, 1.54) is 26.2 Å². The van der Waals surface area contributed by atoms with Crippen LogP contribution < -0.4 is 0 Å². The number of methoxy groups -OCH3 is 1. The number of allylic oxidation sites excluding steroid dienone is 7. The number of ether oxygens (including phenoxy) is 3. The third kappa shape index (κ3) is 12.0. The van der Waals surface area contributed by atoms with E-state index in [0.29, 0.717) is 10.9 Å². The summed E-state index contributed by atoms with van der Waals surface area (Å²) in [6.07, 6.45) is 7.43. The van der Waals surface area contributed by atoms with Gasteiger partial charge in [-0.15, -0.1) is 0 Å². The predicted molar refractivity (Wildman–Crippen MR) is 160 cm³/mol. The molecule has 0 amide bonds. The first kappa shape index (κ1) is 36.3. The second-order valence-electron chi connectivity index (χ2n) is 11.1. The summed E-state index contributed by atoms with van der Waals surface area (Å²) in [5.41, 5.74) is 0. The molecule has 0 spiro atoms. The van der Waals surface area contributed by atoms with E-state index >= 15 is 0 Å². The lowest BCUT2D eigenvalue weighted by Gasteiger charge is -2.43. The molecule has 0 saturated carbocycles. The Labute approximate surface area is 247 Å². The topological polar surface area (TPSA) is 132 Å². The van der Waals surface area contributed by atoms with E-state index in [1.54, 1.807) is 37.3 Å². The number of hydrogen-bond donors (Lipinski definition) is 3. The molecule has 0 unspecified atom stereocenters. The molecular weight excluding hydrogens is 600 g/mol. The molecule has 0 aliphatic carbocycles. The summed E-state index contributed by atoms with van der Waals surface area (Å²) in [4.78, 5) is 22.6. The SMILES string of the molecule is COC(=O)/C=C/C=C/C(Br)=C/[C@@H](O[Si](C)(C)C(C)(C)C)[C@H](C/C=C/C=C/C(C)=O)O[C@@H]1O[C@@H](C)[C@H](O)[C@@H](O)[C@H]1O. The largest absolute Gasteiger partial charge is 0.466 e. The Kier molecular flexibility index (Phi) is 15.1. The van der Waals surface area contributed by atoms with Crippen LogP contribution in [0, 0.1) is 0 Å². The fourth-order valence-electron chi connectivity index (χ4n) is 3.34. The molecule has 1 aliphatic heterocycles. The second kappa shape index (κ2) is 16.7. The van der Waals surface area contributed by atoms with Gasteiger partial charge in [0.1, 0.15) is 18.3 Å². The van der Waals surface area contributed by atoms with Crippen molar-refractivity contribution in [1.82, 2.24) is 0 Å². The minimum absolute atomic E-state index is 0.0863. The maximum absolute atomic E-state index is 11.3. The first-order valence-corrected chi connectivity index (χ1v) is 16.9. The average molecular weight is 646 g/mol. The molecule has 1 rings (SSSR count). The van der Waals surface area contributed by atoms with Crippen LogP contribution in [0.25, 0.3) is 0 Å². The Hall–Kier alpha value is -1.70. The molecule has 3 N–H and O–H groups in total. The molecule has 0 aromatic rings. The number of aliphatic hydroxyl groups excluding tert-OH is 3. The normalized spacial score (nSPS) is 26.7. The summed E-state index contributed by atoms with van der Waals surface area (Å²) in [6.45, 7) is 13.6. The molecule has 9 nitrogen and oxygen atoms in total. The van der Waals surface area contributed by atoms with Gasteiger partial charge in [-0.25, -0.2) is 4.79 Å². The summed E-state index contributed by atoms with van der Waals surface area (Å²) in [6, 6.07) is 0. The monoisotopic (exact) mass is 644 g/mol. The maximum Gasteiger partial charge on any atom is 0.330 e. The van der Waals surface area contributed by atoms with Gasteiger partial charge in [0.25, 0.3) is 0 Å². The van der Waals surface area contributed by atoms with Crippen LogP contribution in [0.15, 0.2) is 59.2 Å². The summed E-state index contributed by atoms with van der Waals surface area (Å²) in [5, 5.41) is 31.0. The number of hydrogen-bond acceptors (Lipinski definition) is 9. The molecule has 11 heteroatoms. The highest BCUT2D eigenvalue weighted by Crippen LogP contribution is 2.39. The Morgan fingerprint density at radius 2 is 1.60 bits per heavy atom. The van der Waals surface area contributed by atoms with Crippen molar-refractivity contribution in [3.8, 4) is 0 Å². The second-order valence-corrected chi connectivity index (χ2v) is 16.8. The summed E-state index contributed by atoms with van der Waals surface area (Å²) < 4.78 is 24.0. The van der Waals surface area contributed by atoms with E-state index in [9.17, 15) is 24.9 Å². The Morgan fingerprint density at radius 1 is 1.00 bits per heavy atom. The smallest absolute Gasteiger partial charge is 0.330 e. The molecule has 1 aliphatic rings. The average Bonchev–Trinajstić information content (AvgIpc) is 2.85. The maximum atomic E-state index is 11.3. The zero-order valence-electron chi connectivity index (χ0n) is 24.6. The van der Waals surface area contributed by atoms with Crippen molar-refractivity contribution < 1.29 is 43.5 Å². The molecule has 1 heterocycles. The number of carbonyl (C=O) groups is 2. The molecule has 0 aromatic carbocycles. The third-order valence-electron chi connectivity index (χ3n) is 6.79. The van der Waals surface area contributed by atoms with Gasteiger partial charge >= 0.3 is 5.97 Å². The number of ketones is 1. The minimum Gasteiger partial charge on any atom is -0.466 e. The number of halogens is 1. The van der Waals surface area contributed by atoms with Gasteiger partial charge in [-0.2, -0.15) is 0 Å². The van der Waals surface area contributed by atoms with Crippen molar-refractivity contribution in [2.75, 3.05) is 7.11 Å². The Morgan fingerprint density at radius 3 is 2.17 bits per heavy atom. The van der Waals surface area contributed by atoms with Crippen LogP contribution in [0.4, 0.5) is 0 Å². The molecule has 0 aromatic heterocycles. The zero-order chi connectivity index (χ0) is 30.7. The van der Waals surface area contributed by atoms with Crippen LogP contribution >= 0.6 is 15.9 Å². The van der Waals surface area contributed by atoms with E-state index in [4.69, 9.17) is 13.9 Å². The van der Waals surface area contributed by atoms with Crippen molar-refractivity contribution in [3.05, 3.63) is 59.2 Å². The first-order valence-electron chi connectivity index (χ1n) is 13.2. The van der Waals surface area contributed by atoms with E-state index in [2.05, 4.69) is 54.5 Å². The van der Waals surface area contributed by atoms with Gasteiger partial charge in [0.15, 0.2) is 20.4 Å². The zero-order valence-corrected chi connectivity index (χ0v) is 27.2. The van der Waals surface area contributed by atoms with Crippen molar-refractivity contribution in [2.24, 2.45) is 0 Å². The van der Waals surface area contributed by atoms with Crippen LogP contribution in [0.1, 0.15) is 41.0 Å². The van der Waals surface area contributed by atoms with Crippen molar-refractivity contribution in [1.29, 1.82) is 0 Å². The molecule has 1 saturated heterocycles. The first-order chi connectivity index (χ1) is 18.5. The highest BCUT2D eigenvalue weighted by atomic mass is 79.9. The highest BCUT2D eigenvalue weighted by Gasteiger charge is 2.45. The lowest BCUT2D eigenvalue weighted by molar-refractivity contribution is -0.307. The molecule has 226 valence electrons. The van der Waals surface area contributed by atoms with Crippen LogP contribution in [0.3, 0.4) is 0 Å². The molecule has 0 radical (unpaired) electrons. The predicted octanol–water partition coefficient (Wildman–Crippen LogP) is 4.25.